The zero-order valence-corrected chi connectivity index (χ0v) is 13.3. The number of nitrogens with one attached hydrogen (secondary N) is 1. The van der Waals surface area contributed by atoms with Crippen LogP contribution in [0.5, 0.6) is 0 Å². The maximum absolute atomic E-state index is 12.7. The fourth-order valence-electron chi connectivity index (χ4n) is 3.97. The average molecular weight is 290 g/mol. The Labute approximate surface area is 126 Å². The van der Waals surface area contributed by atoms with Gasteiger partial charge in [0.25, 0.3) is 0 Å². The number of carbonyl (C=O) groups excluding carboxylic acids is 1. The number of aromatic nitrogens is 2. The number of piperidine rings is 1. The number of hydrogen-bond donors (Lipinski definition) is 1. The molecular weight excluding hydrogens is 264 g/mol. The number of nitrogens with zero attached hydrogens (tertiary/aromatic N) is 3. The summed E-state index contributed by atoms with van der Waals surface area (Å²) >= 11 is 0. The molecule has 21 heavy (non-hydrogen) atoms. The van der Waals surface area contributed by atoms with Gasteiger partial charge in [-0.05, 0) is 52.5 Å². The molecule has 1 aromatic heterocycles. The van der Waals surface area contributed by atoms with Gasteiger partial charge in [-0.1, -0.05) is 0 Å². The quantitative estimate of drug-likeness (QED) is 0.917. The summed E-state index contributed by atoms with van der Waals surface area (Å²) in [6, 6.07) is 3.65. The number of hydrogen-bond acceptors (Lipinski definition) is 3. The minimum absolute atomic E-state index is 0.204. The first-order chi connectivity index (χ1) is 10.1. The Bertz CT molecular complexity index is 512. The van der Waals surface area contributed by atoms with E-state index in [1.165, 1.54) is 12.8 Å². The summed E-state index contributed by atoms with van der Waals surface area (Å²) in [6.07, 6.45) is 4.75. The number of likely N-dealkylation sites (N-methyl/N-ethyl adjacent to an activating group) is 1. The molecular formula is C16H26N4O. The van der Waals surface area contributed by atoms with Crippen molar-refractivity contribution in [3.8, 4) is 0 Å². The molecule has 2 bridgehead atoms. The van der Waals surface area contributed by atoms with Gasteiger partial charge in [-0.25, -0.2) is 0 Å². The predicted molar refractivity (Wildman–Crippen MR) is 82.1 cm³/mol. The van der Waals surface area contributed by atoms with Gasteiger partial charge in [-0.15, -0.1) is 0 Å². The first-order valence-electron chi connectivity index (χ1n) is 8.13. The van der Waals surface area contributed by atoms with Gasteiger partial charge in [-0.3, -0.25) is 9.48 Å². The Morgan fingerprint density at radius 1 is 1.38 bits per heavy atom. The van der Waals surface area contributed by atoms with Gasteiger partial charge in [0.05, 0.1) is 5.69 Å². The molecule has 0 saturated carbocycles. The monoisotopic (exact) mass is 290 g/mol. The third-order valence-corrected chi connectivity index (χ3v) is 4.94. The summed E-state index contributed by atoms with van der Waals surface area (Å²) in [5, 5.41) is 8.06. The van der Waals surface area contributed by atoms with E-state index in [1.54, 1.807) is 0 Å². The minimum Gasteiger partial charge on any atom is -0.338 e. The molecule has 2 atom stereocenters. The van der Waals surface area contributed by atoms with Crippen molar-refractivity contribution in [3.63, 3.8) is 0 Å². The van der Waals surface area contributed by atoms with Crippen molar-refractivity contribution in [1.82, 2.24) is 20.0 Å². The first-order valence-corrected chi connectivity index (χ1v) is 8.13. The normalized spacial score (nSPS) is 27.9. The van der Waals surface area contributed by atoms with E-state index in [2.05, 4.69) is 22.2 Å². The molecule has 116 valence electrons. The fraction of sp³-hybridized carbons (Fsp3) is 0.750. The second-order valence-corrected chi connectivity index (χ2v) is 6.53. The Hall–Kier alpha value is -1.36. The minimum atomic E-state index is 0.204. The van der Waals surface area contributed by atoms with Crippen LogP contribution in [0.2, 0.25) is 0 Å². The fourth-order valence-corrected chi connectivity index (χ4v) is 3.97. The van der Waals surface area contributed by atoms with Gasteiger partial charge in [0, 0.05) is 30.4 Å². The third-order valence-electron chi connectivity index (χ3n) is 4.94. The Balaban J connectivity index is 1.68. The molecule has 0 aliphatic carbocycles. The van der Waals surface area contributed by atoms with Gasteiger partial charge in [0.2, 0.25) is 5.91 Å². The number of fused-ring (bicyclic) bond motifs is 2. The summed E-state index contributed by atoms with van der Waals surface area (Å²) in [5.41, 5.74) is 2.03. The molecule has 2 unspecified atom stereocenters. The molecule has 2 aliphatic heterocycles. The van der Waals surface area contributed by atoms with Crippen LogP contribution in [0, 0.1) is 13.8 Å². The summed E-state index contributed by atoms with van der Waals surface area (Å²) in [7, 11) is 0. The molecule has 2 aliphatic rings. The van der Waals surface area contributed by atoms with Crippen molar-refractivity contribution in [2.24, 2.45) is 0 Å². The number of carbonyl (C=O) groups is 1. The second-order valence-electron chi connectivity index (χ2n) is 6.53. The van der Waals surface area contributed by atoms with Crippen molar-refractivity contribution in [2.75, 3.05) is 6.54 Å². The van der Waals surface area contributed by atoms with Crippen molar-refractivity contribution < 1.29 is 4.79 Å². The zero-order chi connectivity index (χ0) is 15.0. The Morgan fingerprint density at radius 2 is 2.05 bits per heavy atom. The van der Waals surface area contributed by atoms with Crippen LogP contribution in [0.25, 0.3) is 0 Å². The van der Waals surface area contributed by atoms with E-state index in [0.717, 1.165) is 30.8 Å². The summed E-state index contributed by atoms with van der Waals surface area (Å²) in [4.78, 5) is 14.8. The van der Waals surface area contributed by atoms with Gasteiger partial charge in [0.1, 0.15) is 6.54 Å². The molecule has 1 N–H and O–H groups in total. The van der Waals surface area contributed by atoms with E-state index in [0.29, 0.717) is 24.7 Å². The van der Waals surface area contributed by atoms with Crippen LogP contribution in [-0.2, 0) is 11.3 Å². The largest absolute Gasteiger partial charge is 0.338 e. The van der Waals surface area contributed by atoms with Gasteiger partial charge < -0.3 is 10.2 Å². The molecule has 3 rings (SSSR count). The second kappa shape index (κ2) is 5.79. The predicted octanol–water partition coefficient (Wildman–Crippen LogP) is 1.63. The van der Waals surface area contributed by atoms with E-state index in [9.17, 15) is 4.79 Å². The highest BCUT2D eigenvalue weighted by Crippen LogP contribution is 2.29. The maximum atomic E-state index is 12.7. The van der Waals surface area contributed by atoms with Crippen LogP contribution in [0.1, 0.15) is 44.0 Å². The van der Waals surface area contributed by atoms with Crippen LogP contribution in [0.3, 0.4) is 0 Å². The lowest BCUT2D eigenvalue weighted by atomic mass is 9.98. The first kappa shape index (κ1) is 14.6. The smallest absolute Gasteiger partial charge is 0.244 e. The molecule has 1 amide bonds. The Morgan fingerprint density at radius 3 is 2.57 bits per heavy atom. The molecule has 2 saturated heterocycles. The van der Waals surface area contributed by atoms with E-state index in [1.807, 2.05) is 24.6 Å². The van der Waals surface area contributed by atoms with Crippen LogP contribution in [0.4, 0.5) is 0 Å². The highest BCUT2D eigenvalue weighted by molar-refractivity contribution is 5.76. The van der Waals surface area contributed by atoms with E-state index >= 15 is 0 Å². The molecule has 0 aromatic carbocycles. The molecule has 3 heterocycles. The summed E-state index contributed by atoms with van der Waals surface area (Å²) in [5.74, 6) is 0.204. The lowest BCUT2D eigenvalue weighted by Crippen LogP contribution is -2.51. The van der Waals surface area contributed by atoms with Crippen molar-refractivity contribution >= 4 is 5.91 Å². The highest BCUT2D eigenvalue weighted by Gasteiger charge is 2.37. The zero-order valence-electron chi connectivity index (χ0n) is 13.3. The molecule has 2 fully saturated rings. The lowest BCUT2D eigenvalue weighted by Gasteiger charge is -2.37. The van der Waals surface area contributed by atoms with Crippen LogP contribution in [-0.4, -0.2) is 45.3 Å². The summed E-state index contributed by atoms with van der Waals surface area (Å²) in [6.45, 7) is 7.22. The molecule has 0 spiro atoms. The number of aryl methyl sites for hydroxylation is 2. The highest BCUT2D eigenvalue weighted by atomic mass is 16.2. The van der Waals surface area contributed by atoms with E-state index in [-0.39, 0.29) is 5.91 Å². The van der Waals surface area contributed by atoms with Gasteiger partial charge in [0.15, 0.2) is 0 Å². The van der Waals surface area contributed by atoms with E-state index < -0.39 is 0 Å². The van der Waals surface area contributed by atoms with Gasteiger partial charge >= 0.3 is 0 Å². The van der Waals surface area contributed by atoms with Crippen LogP contribution >= 0.6 is 0 Å². The molecule has 1 aromatic rings. The lowest BCUT2D eigenvalue weighted by molar-refractivity contribution is -0.135. The standard InChI is InChI=1S/C16H26N4O/c1-4-19(15-8-13-5-6-14(9-15)17-13)16(21)10-20-12(3)7-11(2)18-20/h7,13-15,17H,4-6,8-10H2,1-3H3. The van der Waals surface area contributed by atoms with E-state index in [4.69, 9.17) is 0 Å². The topological polar surface area (TPSA) is 50.2 Å². The average Bonchev–Trinajstić information content (AvgIpc) is 2.93. The molecule has 5 nitrogen and oxygen atoms in total. The van der Waals surface area contributed by atoms with Crippen molar-refractivity contribution in [1.29, 1.82) is 0 Å². The SMILES string of the molecule is CCN(C(=O)Cn1nc(C)cc1C)C1CC2CCC(C1)N2. The number of rotatable bonds is 4. The van der Waals surface area contributed by atoms with Crippen LogP contribution < -0.4 is 5.32 Å². The summed E-state index contributed by atoms with van der Waals surface area (Å²) < 4.78 is 1.83. The number of amides is 1. The van der Waals surface area contributed by atoms with Crippen LogP contribution in [0.15, 0.2) is 6.07 Å². The molecule has 0 radical (unpaired) electrons. The van der Waals surface area contributed by atoms with Gasteiger partial charge in [-0.2, -0.15) is 5.10 Å². The van der Waals surface area contributed by atoms with Crippen molar-refractivity contribution in [2.45, 2.75) is 71.1 Å². The molecule has 5 heteroatoms. The van der Waals surface area contributed by atoms with Crippen molar-refractivity contribution in [3.05, 3.63) is 17.5 Å². The third kappa shape index (κ3) is 2.98. The maximum Gasteiger partial charge on any atom is 0.244 e. The Kier molecular flexibility index (Phi) is 4.02.